The normalized spacial score (nSPS) is 10.9. The molecule has 0 spiro atoms. The highest BCUT2D eigenvalue weighted by molar-refractivity contribution is 8.12. The van der Waals surface area contributed by atoms with Gasteiger partial charge in [-0.25, -0.2) is 4.99 Å². The number of benzene rings is 2. The van der Waals surface area contributed by atoms with Crippen LogP contribution < -0.4 is 0 Å². The van der Waals surface area contributed by atoms with Crippen LogP contribution >= 0.6 is 11.8 Å². The number of aliphatic imine (C=N–C) groups is 1. The molecule has 86 valence electrons. The minimum atomic E-state index is 1.08. The second kappa shape index (κ2) is 5.69. The van der Waals surface area contributed by atoms with Crippen molar-refractivity contribution >= 4 is 23.0 Å². The molecule has 0 aliphatic heterocycles. The van der Waals surface area contributed by atoms with Gasteiger partial charge in [-0.1, -0.05) is 48.2 Å². The molecule has 0 radical (unpaired) electrons. The molecule has 0 saturated carbocycles. The van der Waals surface area contributed by atoms with Crippen molar-refractivity contribution in [1.82, 2.24) is 0 Å². The summed E-state index contributed by atoms with van der Waals surface area (Å²) in [5.74, 6) is 0. The van der Waals surface area contributed by atoms with E-state index in [4.69, 9.17) is 0 Å². The van der Waals surface area contributed by atoms with Gasteiger partial charge in [-0.2, -0.15) is 0 Å². The van der Waals surface area contributed by atoms with Crippen LogP contribution in [0.4, 0.5) is 5.69 Å². The van der Waals surface area contributed by atoms with Crippen molar-refractivity contribution in [2.45, 2.75) is 18.7 Å². The Balaban J connectivity index is 2.11. The molecular formula is C15H15NS. The third-order valence-corrected chi connectivity index (χ3v) is 3.31. The summed E-state index contributed by atoms with van der Waals surface area (Å²) in [5, 5.41) is 0. The SMILES string of the molecule is Cc1cccc(C)c1N=CSc1ccccc1. The molecule has 0 N–H and O–H groups in total. The number of hydrogen-bond acceptors (Lipinski definition) is 2. The summed E-state index contributed by atoms with van der Waals surface area (Å²) in [4.78, 5) is 5.75. The Morgan fingerprint density at radius 3 is 2.18 bits per heavy atom. The van der Waals surface area contributed by atoms with Crippen LogP contribution in [0.5, 0.6) is 0 Å². The van der Waals surface area contributed by atoms with Crippen molar-refractivity contribution in [2.24, 2.45) is 4.99 Å². The van der Waals surface area contributed by atoms with Gasteiger partial charge in [0.05, 0.1) is 11.2 Å². The lowest BCUT2D eigenvalue weighted by Gasteiger charge is -2.03. The summed E-state index contributed by atoms with van der Waals surface area (Å²) >= 11 is 1.64. The molecule has 2 rings (SSSR count). The van der Waals surface area contributed by atoms with E-state index in [0.29, 0.717) is 0 Å². The molecular weight excluding hydrogens is 226 g/mol. The number of nitrogens with zero attached hydrogens (tertiary/aromatic N) is 1. The second-order valence-corrected chi connectivity index (χ2v) is 4.82. The quantitative estimate of drug-likeness (QED) is 0.429. The predicted molar refractivity (Wildman–Crippen MR) is 76.4 cm³/mol. The molecule has 0 aliphatic rings. The van der Waals surface area contributed by atoms with E-state index in [1.165, 1.54) is 16.0 Å². The van der Waals surface area contributed by atoms with Gasteiger partial charge in [0.25, 0.3) is 0 Å². The monoisotopic (exact) mass is 241 g/mol. The fourth-order valence-electron chi connectivity index (χ4n) is 1.65. The van der Waals surface area contributed by atoms with E-state index in [9.17, 15) is 0 Å². The zero-order chi connectivity index (χ0) is 12.1. The first-order valence-corrected chi connectivity index (χ1v) is 6.46. The lowest BCUT2D eigenvalue weighted by Crippen LogP contribution is -1.79. The first-order valence-electron chi connectivity index (χ1n) is 5.58. The zero-order valence-electron chi connectivity index (χ0n) is 10.1. The van der Waals surface area contributed by atoms with Gasteiger partial charge in [0, 0.05) is 4.90 Å². The topological polar surface area (TPSA) is 12.4 Å². The molecule has 17 heavy (non-hydrogen) atoms. The van der Waals surface area contributed by atoms with Gasteiger partial charge in [-0.15, -0.1) is 0 Å². The van der Waals surface area contributed by atoms with E-state index >= 15 is 0 Å². The van der Waals surface area contributed by atoms with Gasteiger partial charge in [-0.3, -0.25) is 0 Å². The van der Waals surface area contributed by atoms with E-state index in [-0.39, 0.29) is 0 Å². The second-order valence-electron chi connectivity index (χ2n) is 3.91. The molecule has 0 bridgehead atoms. The van der Waals surface area contributed by atoms with E-state index in [1.807, 2.05) is 23.7 Å². The first-order chi connectivity index (χ1) is 8.27. The summed E-state index contributed by atoms with van der Waals surface area (Å²) in [5.41, 5.74) is 5.42. The summed E-state index contributed by atoms with van der Waals surface area (Å²) in [6, 6.07) is 16.5. The van der Waals surface area contributed by atoms with E-state index in [1.54, 1.807) is 11.8 Å². The molecule has 1 nitrogen and oxygen atoms in total. The largest absolute Gasteiger partial charge is 0.249 e. The van der Waals surface area contributed by atoms with Crippen molar-refractivity contribution in [2.75, 3.05) is 0 Å². The fourth-order valence-corrected chi connectivity index (χ4v) is 2.24. The molecule has 2 heteroatoms. The maximum atomic E-state index is 4.54. The maximum Gasteiger partial charge on any atom is 0.0694 e. The van der Waals surface area contributed by atoms with Crippen LogP contribution in [0.25, 0.3) is 0 Å². The molecule has 0 unspecified atom stereocenters. The fraction of sp³-hybridized carbons (Fsp3) is 0.133. The van der Waals surface area contributed by atoms with Crippen molar-refractivity contribution in [3.8, 4) is 0 Å². The lowest BCUT2D eigenvalue weighted by atomic mass is 10.1. The van der Waals surface area contributed by atoms with Crippen molar-refractivity contribution < 1.29 is 0 Å². The average Bonchev–Trinajstić information content (AvgIpc) is 2.34. The Labute approximate surface area is 107 Å². The Kier molecular flexibility index (Phi) is 3.99. The van der Waals surface area contributed by atoms with Crippen LogP contribution in [0.3, 0.4) is 0 Å². The maximum absolute atomic E-state index is 4.54. The summed E-state index contributed by atoms with van der Waals surface area (Å²) in [7, 11) is 0. The van der Waals surface area contributed by atoms with E-state index < -0.39 is 0 Å². The third-order valence-electron chi connectivity index (χ3n) is 2.55. The van der Waals surface area contributed by atoms with Crippen LogP contribution in [0, 0.1) is 13.8 Å². The van der Waals surface area contributed by atoms with E-state index in [0.717, 1.165) is 5.69 Å². The van der Waals surface area contributed by atoms with Crippen LogP contribution in [-0.4, -0.2) is 5.55 Å². The Morgan fingerprint density at radius 2 is 1.53 bits per heavy atom. The highest BCUT2D eigenvalue weighted by Gasteiger charge is 1.98. The Morgan fingerprint density at radius 1 is 0.882 bits per heavy atom. The summed E-state index contributed by atoms with van der Waals surface area (Å²) < 4.78 is 0. The molecule has 0 aliphatic carbocycles. The lowest BCUT2D eigenvalue weighted by molar-refractivity contribution is 1.34. The molecule has 0 fully saturated rings. The standard InChI is InChI=1S/C15H15NS/c1-12-7-6-8-13(2)15(12)16-11-17-14-9-4-3-5-10-14/h3-11H,1-2H3. The van der Waals surface area contributed by atoms with Crippen LogP contribution in [-0.2, 0) is 0 Å². The summed E-state index contributed by atoms with van der Waals surface area (Å²) in [6.45, 7) is 4.18. The minimum absolute atomic E-state index is 1.08. The number of thioether (sulfide) groups is 1. The zero-order valence-corrected chi connectivity index (χ0v) is 10.9. The summed E-state index contributed by atoms with van der Waals surface area (Å²) in [6.07, 6.45) is 0. The van der Waals surface area contributed by atoms with Gasteiger partial charge < -0.3 is 0 Å². The highest BCUT2D eigenvalue weighted by atomic mass is 32.2. The predicted octanol–water partition coefficient (Wildman–Crippen LogP) is 4.76. The molecule has 0 atom stereocenters. The number of para-hydroxylation sites is 1. The average molecular weight is 241 g/mol. The Bertz CT molecular complexity index is 497. The molecule has 0 heterocycles. The molecule has 0 saturated heterocycles. The van der Waals surface area contributed by atoms with Crippen molar-refractivity contribution in [3.63, 3.8) is 0 Å². The van der Waals surface area contributed by atoms with Gasteiger partial charge in [0.2, 0.25) is 0 Å². The number of rotatable bonds is 3. The Hall–Kier alpha value is -1.54. The molecule has 0 aromatic heterocycles. The smallest absolute Gasteiger partial charge is 0.0694 e. The van der Waals surface area contributed by atoms with Gasteiger partial charge in [0.15, 0.2) is 0 Å². The highest BCUT2D eigenvalue weighted by Crippen LogP contribution is 2.24. The molecule has 0 amide bonds. The molecule has 2 aromatic carbocycles. The first kappa shape index (κ1) is 11.9. The minimum Gasteiger partial charge on any atom is -0.249 e. The van der Waals surface area contributed by atoms with Crippen molar-refractivity contribution in [3.05, 3.63) is 59.7 Å². The number of hydrogen-bond donors (Lipinski definition) is 0. The van der Waals surface area contributed by atoms with Gasteiger partial charge in [0.1, 0.15) is 0 Å². The third kappa shape index (κ3) is 3.21. The van der Waals surface area contributed by atoms with Crippen molar-refractivity contribution in [1.29, 1.82) is 0 Å². The van der Waals surface area contributed by atoms with E-state index in [2.05, 4.69) is 49.2 Å². The number of aryl methyl sites for hydroxylation is 2. The van der Waals surface area contributed by atoms with Gasteiger partial charge >= 0.3 is 0 Å². The molecule has 2 aromatic rings. The van der Waals surface area contributed by atoms with Gasteiger partial charge in [-0.05, 0) is 37.1 Å². The van der Waals surface area contributed by atoms with Crippen LogP contribution in [0.2, 0.25) is 0 Å². The van der Waals surface area contributed by atoms with Crippen LogP contribution in [0.15, 0.2) is 58.4 Å². The van der Waals surface area contributed by atoms with Crippen LogP contribution in [0.1, 0.15) is 11.1 Å².